The van der Waals surface area contributed by atoms with Crippen molar-refractivity contribution >= 4 is 52.9 Å². The summed E-state index contributed by atoms with van der Waals surface area (Å²) in [4.78, 5) is 8.21. The van der Waals surface area contributed by atoms with Crippen molar-refractivity contribution in [2.75, 3.05) is 40.4 Å². The quantitative estimate of drug-likeness (QED) is 0.301. The van der Waals surface area contributed by atoms with Gasteiger partial charge in [-0.1, -0.05) is 23.7 Å². The summed E-state index contributed by atoms with van der Waals surface area (Å²) in [5, 5.41) is 9.64. The van der Waals surface area contributed by atoms with E-state index >= 15 is 0 Å². The smallest absolute Gasteiger partial charge is 0.191 e. The first-order valence-corrected chi connectivity index (χ1v) is 11.0. The van der Waals surface area contributed by atoms with Crippen LogP contribution in [0.1, 0.15) is 23.4 Å². The topological polar surface area (TPSA) is 58.1 Å². The molecule has 6 nitrogen and oxygen atoms in total. The number of nitrogens with zero attached hydrogens (tertiary/aromatic N) is 2. The number of thiophene rings is 1. The lowest BCUT2D eigenvalue weighted by Crippen LogP contribution is -2.47. The van der Waals surface area contributed by atoms with E-state index < -0.39 is 0 Å². The van der Waals surface area contributed by atoms with Crippen molar-refractivity contribution in [2.45, 2.75) is 25.6 Å². The molecule has 0 aliphatic carbocycles. The fraction of sp³-hybridized carbons (Fsp3) is 0.476. The van der Waals surface area contributed by atoms with Crippen molar-refractivity contribution < 1.29 is 9.47 Å². The highest BCUT2D eigenvalue weighted by Gasteiger charge is 2.26. The molecule has 1 fully saturated rings. The molecular formula is C21H30ClIN4O2S. The molecule has 1 aromatic heterocycles. The molecule has 1 aromatic carbocycles. The fourth-order valence-corrected chi connectivity index (χ4v) is 4.50. The minimum absolute atomic E-state index is 0. The van der Waals surface area contributed by atoms with Crippen molar-refractivity contribution in [1.82, 2.24) is 15.5 Å². The van der Waals surface area contributed by atoms with Crippen LogP contribution in [0.3, 0.4) is 0 Å². The number of guanidine groups is 1. The minimum atomic E-state index is 0. The van der Waals surface area contributed by atoms with E-state index in [4.69, 9.17) is 21.1 Å². The molecule has 1 saturated heterocycles. The second-order valence-corrected chi connectivity index (χ2v) is 8.39. The maximum atomic E-state index is 6.05. The number of methoxy groups -OCH3 is 1. The van der Waals surface area contributed by atoms with E-state index in [1.54, 1.807) is 25.5 Å². The molecule has 2 aromatic rings. The first-order valence-electron chi connectivity index (χ1n) is 9.76. The molecule has 166 valence electrons. The van der Waals surface area contributed by atoms with Crippen LogP contribution >= 0.6 is 46.9 Å². The number of halogens is 2. The van der Waals surface area contributed by atoms with Crippen LogP contribution in [0.25, 0.3) is 0 Å². The van der Waals surface area contributed by atoms with Crippen molar-refractivity contribution in [2.24, 2.45) is 4.99 Å². The van der Waals surface area contributed by atoms with Gasteiger partial charge in [-0.2, -0.15) is 0 Å². The molecule has 2 unspecified atom stereocenters. The number of hydrogen-bond acceptors (Lipinski definition) is 5. The number of benzene rings is 1. The summed E-state index contributed by atoms with van der Waals surface area (Å²) in [6.45, 7) is 6.13. The van der Waals surface area contributed by atoms with E-state index in [-0.39, 0.29) is 36.1 Å². The largest absolute Gasteiger partial charge is 0.496 e. The number of aliphatic imine (C=N–C) groups is 1. The molecule has 30 heavy (non-hydrogen) atoms. The average molecular weight is 565 g/mol. The normalized spacial score (nSPS) is 18.4. The van der Waals surface area contributed by atoms with Crippen LogP contribution in [-0.4, -0.2) is 57.4 Å². The minimum Gasteiger partial charge on any atom is -0.496 e. The average Bonchev–Trinajstić information content (AvgIpc) is 3.25. The van der Waals surface area contributed by atoms with E-state index in [1.807, 2.05) is 18.2 Å². The summed E-state index contributed by atoms with van der Waals surface area (Å²) < 4.78 is 11.2. The maximum Gasteiger partial charge on any atom is 0.191 e. The van der Waals surface area contributed by atoms with Crippen LogP contribution in [0.4, 0.5) is 0 Å². The number of nitrogens with one attached hydrogen (secondary N) is 2. The lowest BCUT2D eigenvalue weighted by atomic mass is 10.1. The Bertz CT molecular complexity index is 806. The van der Waals surface area contributed by atoms with Gasteiger partial charge in [-0.05, 0) is 30.5 Å². The van der Waals surface area contributed by atoms with Gasteiger partial charge in [0.25, 0.3) is 0 Å². The highest BCUT2D eigenvalue weighted by Crippen LogP contribution is 2.26. The van der Waals surface area contributed by atoms with Gasteiger partial charge < -0.3 is 20.1 Å². The van der Waals surface area contributed by atoms with Gasteiger partial charge in [0.2, 0.25) is 0 Å². The molecule has 1 aliphatic heterocycles. The van der Waals surface area contributed by atoms with Crippen LogP contribution in [-0.2, 0) is 11.3 Å². The Morgan fingerprint density at radius 2 is 2.23 bits per heavy atom. The van der Waals surface area contributed by atoms with Crippen molar-refractivity contribution in [3.63, 3.8) is 0 Å². The van der Waals surface area contributed by atoms with Crippen molar-refractivity contribution in [3.05, 3.63) is 51.2 Å². The van der Waals surface area contributed by atoms with E-state index in [0.29, 0.717) is 11.6 Å². The molecular weight excluding hydrogens is 535 g/mol. The Labute approximate surface area is 205 Å². The van der Waals surface area contributed by atoms with Crippen molar-refractivity contribution in [3.8, 4) is 5.75 Å². The van der Waals surface area contributed by atoms with E-state index in [0.717, 1.165) is 43.5 Å². The summed E-state index contributed by atoms with van der Waals surface area (Å²) in [5.41, 5.74) is 1.02. The number of hydrogen-bond donors (Lipinski definition) is 2. The summed E-state index contributed by atoms with van der Waals surface area (Å²) in [5.74, 6) is 1.52. The van der Waals surface area contributed by atoms with E-state index in [2.05, 4.69) is 45.0 Å². The number of ether oxygens (including phenoxy) is 2. The zero-order chi connectivity index (χ0) is 20.6. The van der Waals surface area contributed by atoms with Crippen LogP contribution < -0.4 is 15.4 Å². The Hall–Kier alpha value is -1.07. The SMILES string of the molecule is CN=C(NCc1ccc(Cl)cc1OC)NCC(c1cccs1)N1CCOC(C)C1.I. The molecule has 1 aliphatic rings. The van der Waals surface area contributed by atoms with Crippen LogP contribution in [0.2, 0.25) is 5.02 Å². The lowest BCUT2D eigenvalue weighted by Gasteiger charge is -2.37. The van der Waals surface area contributed by atoms with Crippen LogP contribution in [0, 0.1) is 0 Å². The van der Waals surface area contributed by atoms with Crippen LogP contribution in [0.15, 0.2) is 40.7 Å². The van der Waals surface area contributed by atoms with Crippen LogP contribution in [0.5, 0.6) is 5.75 Å². The maximum absolute atomic E-state index is 6.05. The molecule has 2 N–H and O–H groups in total. The van der Waals surface area contributed by atoms with Gasteiger partial charge >= 0.3 is 0 Å². The first kappa shape index (κ1) is 25.2. The summed E-state index contributed by atoms with van der Waals surface area (Å²) >= 11 is 7.84. The Morgan fingerprint density at radius 3 is 2.90 bits per heavy atom. The Morgan fingerprint density at radius 1 is 1.40 bits per heavy atom. The third-order valence-corrected chi connectivity index (χ3v) is 6.18. The predicted molar refractivity (Wildman–Crippen MR) is 136 cm³/mol. The third kappa shape index (κ3) is 6.98. The molecule has 3 rings (SSSR count). The lowest BCUT2D eigenvalue weighted by molar-refractivity contribution is -0.0334. The van der Waals surface area contributed by atoms with Gasteiger partial charge in [0.05, 0.1) is 25.9 Å². The molecule has 2 atom stereocenters. The van der Waals surface area contributed by atoms with Gasteiger partial charge in [0, 0.05) is 48.7 Å². The standard InChI is InChI=1S/C21H29ClN4O2S.HI/c1-15-14-26(8-9-28-15)18(20-5-4-10-29-20)13-25-21(23-2)24-12-16-6-7-17(22)11-19(16)27-3;/h4-7,10-11,15,18H,8-9,12-14H2,1-3H3,(H2,23,24,25);1H. The summed E-state index contributed by atoms with van der Waals surface area (Å²) in [6.07, 6.45) is 0.251. The van der Waals surface area contributed by atoms with Gasteiger partial charge in [-0.25, -0.2) is 0 Å². The number of morpholine rings is 1. The summed E-state index contributed by atoms with van der Waals surface area (Å²) in [6, 6.07) is 10.2. The Kier molecular flexibility index (Phi) is 10.7. The molecule has 9 heteroatoms. The van der Waals surface area contributed by atoms with Gasteiger partial charge in [0.15, 0.2) is 5.96 Å². The molecule has 2 heterocycles. The molecule has 0 saturated carbocycles. The molecule has 0 amide bonds. The highest BCUT2D eigenvalue weighted by atomic mass is 127. The first-order chi connectivity index (χ1) is 14.1. The molecule has 0 radical (unpaired) electrons. The zero-order valence-electron chi connectivity index (χ0n) is 17.6. The Balaban J connectivity index is 0.00000320. The third-order valence-electron chi connectivity index (χ3n) is 4.97. The van der Waals surface area contributed by atoms with Gasteiger partial charge in [-0.15, -0.1) is 35.3 Å². The number of rotatable bonds is 7. The summed E-state index contributed by atoms with van der Waals surface area (Å²) in [7, 11) is 3.43. The van der Waals surface area contributed by atoms with Gasteiger partial charge in [-0.3, -0.25) is 9.89 Å². The second-order valence-electron chi connectivity index (χ2n) is 6.97. The zero-order valence-corrected chi connectivity index (χ0v) is 21.5. The monoisotopic (exact) mass is 564 g/mol. The molecule has 0 bridgehead atoms. The van der Waals surface area contributed by atoms with E-state index in [9.17, 15) is 0 Å². The molecule has 0 spiro atoms. The fourth-order valence-electron chi connectivity index (χ4n) is 3.48. The second kappa shape index (κ2) is 12.7. The van der Waals surface area contributed by atoms with E-state index in [1.165, 1.54) is 4.88 Å². The van der Waals surface area contributed by atoms with Gasteiger partial charge in [0.1, 0.15) is 5.75 Å². The highest BCUT2D eigenvalue weighted by molar-refractivity contribution is 14.0. The van der Waals surface area contributed by atoms with Crippen molar-refractivity contribution in [1.29, 1.82) is 0 Å². The predicted octanol–water partition coefficient (Wildman–Crippen LogP) is 4.16.